The third-order valence-corrected chi connectivity index (χ3v) is 3.05. The summed E-state index contributed by atoms with van der Waals surface area (Å²) in [5, 5.41) is 3.23. The van der Waals surface area contributed by atoms with E-state index < -0.39 is 0 Å². The fraction of sp³-hybridized carbons (Fsp3) is 0.462. The topological polar surface area (TPSA) is 32.3 Å². The number of hydrogen-bond acceptors (Lipinski definition) is 2. The molecule has 1 aromatic carbocycles. The minimum absolute atomic E-state index is 0. The highest BCUT2D eigenvalue weighted by Crippen LogP contribution is 2.13. The van der Waals surface area contributed by atoms with Gasteiger partial charge in [-0.05, 0) is 37.6 Å². The van der Waals surface area contributed by atoms with E-state index in [1.54, 1.807) is 17.9 Å². The number of carbonyl (C=O) groups is 1. The second kappa shape index (κ2) is 6.16. The number of aryl methyl sites for hydroxylation is 1. The van der Waals surface area contributed by atoms with Gasteiger partial charge in [0, 0.05) is 31.2 Å². The summed E-state index contributed by atoms with van der Waals surface area (Å²) in [5.74, 6) is -0.433. The molecule has 1 heterocycles. The van der Waals surface area contributed by atoms with Crippen LogP contribution in [0.25, 0.3) is 0 Å². The molecule has 0 bridgehead atoms. The summed E-state index contributed by atoms with van der Waals surface area (Å²) in [6.07, 6.45) is 0. The Hall–Kier alpha value is -1.13. The molecule has 0 spiro atoms. The summed E-state index contributed by atoms with van der Waals surface area (Å²) in [7, 11) is 0. The van der Waals surface area contributed by atoms with E-state index in [4.69, 9.17) is 0 Å². The van der Waals surface area contributed by atoms with Crippen LogP contribution in [0.1, 0.15) is 22.8 Å². The van der Waals surface area contributed by atoms with Crippen LogP contribution < -0.4 is 5.32 Å². The lowest BCUT2D eigenvalue weighted by Crippen LogP contribution is -2.52. The van der Waals surface area contributed by atoms with Crippen molar-refractivity contribution < 1.29 is 9.18 Å². The van der Waals surface area contributed by atoms with Gasteiger partial charge in [0.05, 0.1) is 0 Å². The molecule has 1 unspecified atom stereocenters. The highest BCUT2D eigenvalue weighted by molar-refractivity contribution is 5.94. The molecular formula is C13H18ClFN2O. The number of nitrogens with zero attached hydrogens (tertiary/aromatic N) is 1. The van der Waals surface area contributed by atoms with Crippen LogP contribution in [0, 0.1) is 12.7 Å². The normalized spacial score (nSPS) is 19.3. The molecule has 100 valence electrons. The van der Waals surface area contributed by atoms with Gasteiger partial charge >= 0.3 is 0 Å². The monoisotopic (exact) mass is 272 g/mol. The summed E-state index contributed by atoms with van der Waals surface area (Å²) < 4.78 is 13.3. The van der Waals surface area contributed by atoms with Gasteiger partial charge in [0.15, 0.2) is 0 Å². The number of piperazine rings is 1. The maximum atomic E-state index is 13.3. The maximum Gasteiger partial charge on any atom is 0.254 e. The first-order valence-electron chi connectivity index (χ1n) is 5.87. The molecule has 18 heavy (non-hydrogen) atoms. The molecule has 0 saturated carbocycles. The van der Waals surface area contributed by atoms with Crippen molar-refractivity contribution in [1.82, 2.24) is 10.2 Å². The van der Waals surface area contributed by atoms with E-state index in [-0.39, 0.29) is 30.2 Å². The van der Waals surface area contributed by atoms with Crippen LogP contribution in [-0.2, 0) is 0 Å². The van der Waals surface area contributed by atoms with Gasteiger partial charge in [-0.2, -0.15) is 0 Å². The van der Waals surface area contributed by atoms with Crippen LogP contribution in [0.4, 0.5) is 4.39 Å². The molecule has 1 aliphatic rings. The Bertz CT molecular complexity index is 419. The Labute approximate surface area is 113 Å². The number of nitrogens with one attached hydrogen (secondary N) is 1. The van der Waals surface area contributed by atoms with E-state index in [1.807, 2.05) is 6.92 Å². The molecule has 0 radical (unpaired) electrons. The third kappa shape index (κ3) is 3.21. The summed E-state index contributed by atoms with van der Waals surface area (Å²) in [4.78, 5) is 14.0. The number of benzene rings is 1. The van der Waals surface area contributed by atoms with Gasteiger partial charge in [-0.15, -0.1) is 12.4 Å². The predicted molar refractivity (Wildman–Crippen MR) is 71.8 cm³/mol. The van der Waals surface area contributed by atoms with Crippen LogP contribution >= 0.6 is 12.4 Å². The van der Waals surface area contributed by atoms with Gasteiger partial charge < -0.3 is 10.2 Å². The first-order chi connectivity index (χ1) is 8.08. The van der Waals surface area contributed by atoms with Crippen LogP contribution in [0.2, 0.25) is 0 Å². The highest BCUT2D eigenvalue weighted by atomic mass is 35.5. The molecule has 1 aromatic rings. The zero-order chi connectivity index (χ0) is 12.4. The molecule has 0 aliphatic carbocycles. The average Bonchev–Trinajstić information content (AvgIpc) is 2.27. The molecule has 2 rings (SSSR count). The molecule has 0 aromatic heterocycles. The van der Waals surface area contributed by atoms with Gasteiger partial charge in [0.25, 0.3) is 5.91 Å². The second-order valence-corrected chi connectivity index (χ2v) is 4.57. The van der Waals surface area contributed by atoms with Gasteiger partial charge in [0.1, 0.15) is 5.82 Å². The Balaban J connectivity index is 0.00000162. The van der Waals surface area contributed by atoms with E-state index in [2.05, 4.69) is 5.32 Å². The van der Waals surface area contributed by atoms with Crippen LogP contribution in [0.15, 0.2) is 18.2 Å². The fourth-order valence-electron chi connectivity index (χ4n) is 2.17. The number of hydrogen-bond donors (Lipinski definition) is 1. The van der Waals surface area contributed by atoms with Gasteiger partial charge in [-0.25, -0.2) is 4.39 Å². The van der Waals surface area contributed by atoms with Crippen LogP contribution in [-0.4, -0.2) is 36.5 Å². The third-order valence-electron chi connectivity index (χ3n) is 3.05. The van der Waals surface area contributed by atoms with Crippen molar-refractivity contribution >= 4 is 18.3 Å². The molecular weight excluding hydrogens is 255 g/mol. The SMILES string of the molecule is Cc1cc(F)cc(C(=O)N2CCNCC2C)c1.Cl. The van der Waals surface area contributed by atoms with E-state index in [9.17, 15) is 9.18 Å². The quantitative estimate of drug-likeness (QED) is 0.848. The summed E-state index contributed by atoms with van der Waals surface area (Å²) in [6.45, 7) is 6.05. The molecule has 1 amide bonds. The molecule has 1 N–H and O–H groups in total. The first-order valence-corrected chi connectivity index (χ1v) is 5.87. The van der Waals surface area contributed by atoms with Crippen molar-refractivity contribution in [2.24, 2.45) is 0 Å². The predicted octanol–water partition coefficient (Wildman–Crippen LogP) is 1.99. The van der Waals surface area contributed by atoms with Crippen molar-refractivity contribution in [1.29, 1.82) is 0 Å². The van der Waals surface area contributed by atoms with Gasteiger partial charge in [0.2, 0.25) is 0 Å². The van der Waals surface area contributed by atoms with E-state index >= 15 is 0 Å². The Morgan fingerprint density at radius 3 is 2.78 bits per heavy atom. The molecule has 3 nitrogen and oxygen atoms in total. The zero-order valence-corrected chi connectivity index (χ0v) is 11.4. The van der Waals surface area contributed by atoms with Crippen molar-refractivity contribution in [3.05, 3.63) is 35.1 Å². The zero-order valence-electron chi connectivity index (χ0n) is 10.6. The number of rotatable bonds is 1. The highest BCUT2D eigenvalue weighted by Gasteiger charge is 2.24. The second-order valence-electron chi connectivity index (χ2n) is 4.57. The number of amides is 1. The van der Waals surface area contributed by atoms with Crippen molar-refractivity contribution in [3.8, 4) is 0 Å². The lowest BCUT2D eigenvalue weighted by molar-refractivity contribution is 0.0655. The van der Waals surface area contributed by atoms with Crippen molar-refractivity contribution in [2.45, 2.75) is 19.9 Å². The first kappa shape index (κ1) is 14.9. The molecule has 1 fully saturated rings. The summed E-state index contributed by atoms with van der Waals surface area (Å²) in [5.41, 5.74) is 1.22. The Morgan fingerprint density at radius 1 is 1.44 bits per heavy atom. The van der Waals surface area contributed by atoms with Gasteiger partial charge in [-0.3, -0.25) is 4.79 Å². The molecule has 1 saturated heterocycles. The van der Waals surface area contributed by atoms with Crippen molar-refractivity contribution in [3.63, 3.8) is 0 Å². The maximum absolute atomic E-state index is 13.3. The number of carbonyl (C=O) groups excluding carboxylic acids is 1. The van der Waals surface area contributed by atoms with E-state index in [0.29, 0.717) is 12.1 Å². The minimum atomic E-state index is -0.351. The van der Waals surface area contributed by atoms with Crippen molar-refractivity contribution in [2.75, 3.05) is 19.6 Å². The van der Waals surface area contributed by atoms with Crippen LogP contribution in [0.3, 0.4) is 0 Å². The van der Waals surface area contributed by atoms with E-state index in [0.717, 1.165) is 18.7 Å². The Morgan fingerprint density at radius 2 is 2.17 bits per heavy atom. The summed E-state index contributed by atoms with van der Waals surface area (Å²) in [6, 6.07) is 4.63. The molecule has 1 atom stereocenters. The largest absolute Gasteiger partial charge is 0.333 e. The minimum Gasteiger partial charge on any atom is -0.333 e. The number of halogens is 2. The van der Waals surface area contributed by atoms with Crippen LogP contribution in [0.5, 0.6) is 0 Å². The lowest BCUT2D eigenvalue weighted by atomic mass is 10.1. The average molecular weight is 273 g/mol. The standard InChI is InChI=1S/C13H17FN2O.ClH/c1-9-5-11(7-12(14)6-9)13(17)16-4-3-15-8-10(16)2;/h5-7,10,15H,3-4,8H2,1-2H3;1H. The summed E-state index contributed by atoms with van der Waals surface area (Å²) >= 11 is 0. The smallest absolute Gasteiger partial charge is 0.254 e. The lowest BCUT2D eigenvalue weighted by Gasteiger charge is -2.34. The van der Waals surface area contributed by atoms with E-state index in [1.165, 1.54) is 12.1 Å². The molecule has 1 aliphatic heterocycles. The van der Waals surface area contributed by atoms with Gasteiger partial charge in [-0.1, -0.05) is 0 Å². The molecule has 5 heteroatoms. The fourth-order valence-corrected chi connectivity index (χ4v) is 2.17. The Kier molecular flexibility index (Phi) is 5.11.